The van der Waals surface area contributed by atoms with Crippen LogP contribution in [0.3, 0.4) is 0 Å². The molecule has 0 aromatic heterocycles. The maximum Gasteiger partial charge on any atom is 0.272 e. The molecule has 0 amide bonds. The van der Waals surface area contributed by atoms with Crippen LogP contribution in [0.5, 0.6) is 0 Å². The summed E-state index contributed by atoms with van der Waals surface area (Å²) in [6.45, 7) is 1.97. The second-order valence-electron chi connectivity index (χ2n) is 4.35. The first-order chi connectivity index (χ1) is 8.65. The molecule has 98 valence electrons. The number of nitro groups is 1. The predicted octanol–water partition coefficient (Wildman–Crippen LogP) is 2.00. The van der Waals surface area contributed by atoms with Crippen LogP contribution in [0.25, 0.3) is 0 Å². The third kappa shape index (κ3) is 3.48. The van der Waals surface area contributed by atoms with Crippen molar-refractivity contribution < 1.29 is 14.1 Å². The maximum atomic E-state index is 13.2. The van der Waals surface area contributed by atoms with E-state index >= 15 is 0 Å². The van der Waals surface area contributed by atoms with Crippen LogP contribution in [0.4, 0.5) is 10.1 Å². The van der Waals surface area contributed by atoms with Gasteiger partial charge in [0.15, 0.2) is 0 Å². The molecule has 1 aliphatic rings. The van der Waals surface area contributed by atoms with Crippen LogP contribution in [0, 0.1) is 15.9 Å². The van der Waals surface area contributed by atoms with Crippen molar-refractivity contribution in [3.8, 4) is 0 Å². The number of non-ortho nitro benzene ring substituents is 1. The van der Waals surface area contributed by atoms with Crippen LogP contribution in [0.2, 0.25) is 0 Å². The fourth-order valence-corrected chi connectivity index (χ4v) is 2.00. The van der Waals surface area contributed by atoms with Crippen molar-refractivity contribution in [1.29, 1.82) is 0 Å². The molecule has 18 heavy (non-hydrogen) atoms. The van der Waals surface area contributed by atoms with Gasteiger partial charge in [0.2, 0.25) is 0 Å². The Bertz CT molecular complexity index is 433. The van der Waals surface area contributed by atoms with Crippen LogP contribution in [-0.4, -0.2) is 24.1 Å². The van der Waals surface area contributed by atoms with E-state index in [0.29, 0.717) is 5.56 Å². The summed E-state index contributed by atoms with van der Waals surface area (Å²) in [7, 11) is 0. The second kappa shape index (κ2) is 5.88. The van der Waals surface area contributed by atoms with E-state index < -0.39 is 10.7 Å². The van der Waals surface area contributed by atoms with Crippen LogP contribution in [-0.2, 0) is 11.3 Å². The molecule has 1 aliphatic heterocycles. The fourth-order valence-electron chi connectivity index (χ4n) is 2.00. The Labute approximate surface area is 104 Å². The van der Waals surface area contributed by atoms with Gasteiger partial charge in [-0.25, -0.2) is 4.39 Å². The molecule has 5 nitrogen and oxygen atoms in total. The number of rotatable bonds is 4. The number of benzene rings is 1. The zero-order valence-electron chi connectivity index (χ0n) is 9.89. The number of nitrogens with one attached hydrogen (secondary N) is 1. The first kappa shape index (κ1) is 12.9. The molecular weight excluding hydrogens is 239 g/mol. The first-order valence-electron chi connectivity index (χ1n) is 5.91. The standard InChI is InChI=1S/C12H15FN2O3/c13-10-4-9(5-11(6-10)15(16)17)8-18-12-2-1-3-14-7-12/h4-6,12,14H,1-3,7-8H2. The largest absolute Gasteiger partial charge is 0.372 e. The number of hydrogen-bond acceptors (Lipinski definition) is 4. The van der Waals surface area contributed by atoms with Gasteiger partial charge in [0, 0.05) is 12.6 Å². The van der Waals surface area contributed by atoms with Gasteiger partial charge >= 0.3 is 0 Å². The van der Waals surface area contributed by atoms with E-state index in [2.05, 4.69) is 5.32 Å². The summed E-state index contributed by atoms with van der Waals surface area (Å²) in [5.41, 5.74) is 0.252. The summed E-state index contributed by atoms with van der Waals surface area (Å²) in [5.74, 6) is -0.607. The number of nitrogens with zero attached hydrogens (tertiary/aromatic N) is 1. The van der Waals surface area contributed by atoms with Gasteiger partial charge in [0.05, 0.1) is 23.7 Å². The van der Waals surface area contributed by atoms with Crippen LogP contribution >= 0.6 is 0 Å². The number of piperidine rings is 1. The van der Waals surface area contributed by atoms with Crippen molar-refractivity contribution >= 4 is 5.69 Å². The van der Waals surface area contributed by atoms with Crippen molar-refractivity contribution in [3.05, 3.63) is 39.7 Å². The van der Waals surface area contributed by atoms with E-state index in [4.69, 9.17) is 4.74 Å². The monoisotopic (exact) mass is 254 g/mol. The normalized spacial score (nSPS) is 19.7. The molecule has 1 unspecified atom stereocenters. The summed E-state index contributed by atoms with van der Waals surface area (Å²) in [6.07, 6.45) is 2.11. The van der Waals surface area contributed by atoms with E-state index in [1.807, 2.05) is 0 Å². The maximum absolute atomic E-state index is 13.2. The highest BCUT2D eigenvalue weighted by Crippen LogP contribution is 2.18. The van der Waals surface area contributed by atoms with E-state index in [1.54, 1.807) is 0 Å². The molecule has 1 aromatic carbocycles. The third-order valence-electron chi connectivity index (χ3n) is 2.89. The second-order valence-corrected chi connectivity index (χ2v) is 4.35. The van der Waals surface area contributed by atoms with Gasteiger partial charge in [-0.3, -0.25) is 10.1 Å². The zero-order chi connectivity index (χ0) is 13.0. The highest BCUT2D eigenvalue weighted by molar-refractivity contribution is 5.34. The van der Waals surface area contributed by atoms with Crippen LogP contribution < -0.4 is 5.32 Å². The number of ether oxygens (including phenoxy) is 1. The highest BCUT2D eigenvalue weighted by atomic mass is 19.1. The van der Waals surface area contributed by atoms with Crippen molar-refractivity contribution in [1.82, 2.24) is 5.32 Å². The first-order valence-corrected chi connectivity index (χ1v) is 5.91. The predicted molar refractivity (Wildman–Crippen MR) is 63.7 cm³/mol. The Morgan fingerprint density at radius 3 is 3.00 bits per heavy atom. The lowest BCUT2D eigenvalue weighted by molar-refractivity contribution is -0.385. The van der Waals surface area contributed by atoms with Gasteiger partial charge in [-0.05, 0) is 31.0 Å². The molecule has 0 bridgehead atoms. The lowest BCUT2D eigenvalue weighted by Gasteiger charge is -2.23. The smallest absolute Gasteiger partial charge is 0.272 e. The lowest BCUT2D eigenvalue weighted by atomic mass is 10.1. The van der Waals surface area contributed by atoms with Gasteiger partial charge in [-0.2, -0.15) is 0 Å². The molecule has 1 atom stereocenters. The van der Waals surface area contributed by atoms with Crippen LogP contribution in [0.15, 0.2) is 18.2 Å². The zero-order valence-corrected chi connectivity index (χ0v) is 9.89. The molecule has 1 saturated heterocycles. The third-order valence-corrected chi connectivity index (χ3v) is 2.89. The molecule has 0 aliphatic carbocycles. The SMILES string of the molecule is O=[N+]([O-])c1cc(F)cc(COC2CCCNC2)c1. The van der Waals surface area contributed by atoms with Gasteiger partial charge in [-0.15, -0.1) is 0 Å². The number of halogens is 1. The molecular formula is C12H15FN2O3. The molecule has 0 radical (unpaired) electrons. The minimum absolute atomic E-state index is 0.0982. The highest BCUT2D eigenvalue weighted by Gasteiger charge is 2.15. The summed E-state index contributed by atoms with van der Waals surface area (Å²) in [4.78, 5) is 10.00. The van der Waals surface area contributed by atoms with E-state index in [9.17, 15) is 14.5 Å². The number of nitro benzene ring substituents is 1. The Morgan fingerprint density at radius 2 is 2.33 bits per heavy atom. The molecule has 1 heterocycles. The van der Waals surface area contributed by atoms with E-state index in [1.165, 1.54) is 12.1 Å². The van der Waals surface area contributed by atoms with E-state index in [0.717, 1.165) is 32.0 Å². The average Bonchev–Trinajstić information content (AvgIpc) is 2.37. The van der Waals surface area contributed by atoms with Gasteiger partial charge in [0.25, 0.3) is 5.69 Å². The lowest BCUT2D eigenvalue weighted by Crippen LogP contribution is -2.35. The quantitative estimate of drug-likeness (QED) is 0.659. The molecule has 0 spiro atoms. The molecule has 2 rings (SSSR count). The Balaban J connectivity index is 1.97. The molecule has 1 fully saturated rings. The van der Waals surface area contributed by atoms with Gasteiger partial charge in [0.1, 0.15) is 5.82 Å². The number of hydrogen-bond donors (Lipinski definition) is 1. The van der Waals surface area contributed by atoms with Crippen molar-refractivity contribution in [3.63, 3.8) is 0 Å². The Morgan fingerprint density at radius 1 is 1.50 bits per heavy atom. The van der Waals surface area contributed by atoms with Crippen molar-refractivity contribution in [2.75, 3.05) is 13.1 Å². The molecule has 0 saturated carbocycles. The van der Waals surface area contributed by atoms with Crippen molar-refractivity contribution in [2.24, 2.45) is 0 Å². The van der Waals surface area contributed by atoms with Crippen LogP contribution in [0.1, 0.15) is 18.4 Å². The summed E-state index contributed by atoms with van der Waals surface area (Å²) >= 11 is 0. The topological polar surface area (TPSA) is 64.4 Å². The summed E-state index contributed by atoms with van der Waals surface area (Å²) in [6, 6.07) is 3.52. The molecule has 6 heteroatoms. The summed E-state index contributed by atoms with van der Waals surface area (Å²) < 4.78 is 18.8. The van der Waals surface area contributed by atoms with E-state index in [-0.39, 0.29) is 18.4 Å². The van der Waals surface area contributed by atoms with Gasteiger partial charge in [-0.1, -0.05) is 0 Å². The molecule has 1 N–H and O–H groups in total. The fraction of sp³-hybridized carbons (Fsp3) is 0.500. The average molecular weight is 254 g/mol. The minimum atomic E-state index is -0.607. The van der Waals surface area contributed by atoms with Gasteiger partial charge < -0.3 is 10.1 Å². The summed E-state index contributed by atoms with van der Waals surface area (Å²) in [5, 5.41) is 13.8. The molecule has 1 aromatic rings. The Hall–Kier alpha value is -1.53. The Kier molecular flexibility index (Phi) is 4.22. The minimum Gasteiger partial charge on any atom is -0.372 e. The van der Waals surface area contributed by atoms with Crippen molar-refractivity contribution in [2.45, 2.75) is 25.6 Å².